The Kier molecular flexibility index (Phi) is 7.30. The summed E-state index contributed by atoms with van der Waals surface area (Å²) < 4.78 is 1.90. The average Bonchev–Trinajstić information content (AvgIpc) is 3.18. The average molecular weight is 460 g/mol. The SMILES string of the molecule is CCN(Cc1ccccc1)C(=O)C1CCN(c2c(NC(C)=O)c(C)nn2-c2ccccc2)CC1. The first-order valence-electron chi connectivity index (χ1n) is 12.0. The zero-order valence-electron chi connectivity index (χ0n) is 20.2. The first-order chi connectivity index (χ1) is 16.5. The Bertz CT molecular complexity index is 1120. The van der Waals surface area contributed by atoms with Crippen LogP contribution in [0.15, 0.2) is 60.7 Å². The lowest BCUT2D eigenvalue weighted by atomic mass is 9.95. The fraction of sp³-hybridized carbons (Fsp3) is 0.370. The Hall–Kier alpha value is -3.61. The molecule has 178 valence electrons. The number of piperidine rings is 1. The number of hydrogen-bond donors (Lipinski definition) is 1. The number of aryl methyl sites for hydroxylation is 1. The Labute approximate surface area is 201 Å². The van der Waals surface area contributed by atoms with E-state index in [0.717, 1.165) is 54.4 Å². The van der Waals surface area contributed by atoms with Crippen molar-refractivity contribution in [3.8, 4) is 5.69 Å². The Balaban J connectivity index is 1.52. The van der Waals surface area contributed by atoms with Crippen LogP contribution in [-0.4, -0.2) is 46.1 Å². The largest absolute Gasteiger partial charge is 0.355 e. The topological polar surface area (TPSA) is 70.5 Å². The summed E-state index contributed by atoms with van der Waals surface area (Å²) in [5.74, 6) is 0.974. The van der Waals surface area contributed by atoms with E-state index < -0.39 is 0 Å². The number of benzene rings is 2. The van der Waals surface area contributed by atoms with E-state index in [4.69, 9.17) is 5.10 Å². The molecule has 0 aliphatic carbocycles. The number of amides is 2. The molecule has 0 radical (unpaired) electrons. The summed E-state index contributed by atoms with van der Waals surface area (Å²) in [5.41, 5.74) is 3.60. The zero-order chi connectivity index (χ0) is 24.1. The first kappa shape index (κ1) is 23.5. The summed E-state index contributed by atoms with van der Waals surface area (Å²) in [6, 6.07) is 20.1. The maximum Gasteiger partial charge on any atom is 0.226 e. The predicted octanol–water partition coefficient (Wildman–Crippen LogP) is 4.40. The number of anilines is 2. The third-order valence-electron chi connectivity index (χ3n) is 6.39. The quantitative estimate of drug-likeness (QED) is 0.568. The predicted molar refractivity (Wildman–Crippen MR) is 135 cm³/mol. The molecule has 2 aromatic carbocycles. The summed E-state index contributed by atoms with van der Waals surface area (Å²) in [5, 5.41) is 7.72. The van der Waals surface area contributed by atoms with E-state index >= 15 is 0 Å². The Morgan fingerprint density at radius 1 is 1.03 bits per heavy atom. The summed E-state index contributed by atoms with van der Waals surface area (Å²) in [4.78, 5) is 29.4. The molecular weight excluding hydrogens is 426 g/mol. The van der Waals surface area contributed by atoms with Crippen molar-refractivity contribution in [1.29, 1.82) is 0 Å². The minimum absolute atomic E-state index is 0.00155. The number of aromatic nitrogens is 2. The number of hydrogen-bond acceptors (Lipinski definition) is 4. The molecule has 7 heteroatoms. The van der Waals surface area contributed by atoms with Crippen LogP contribution < -0.4 is 10.2 Å². The molecular formula is C27H33N5O2. The molecule has 0 saturated carbocycles. The van der Waals surface area contributed by atoms with Crippen LogP contribution in [0, 0.1) is 12.8 Å². The van der Waals surface area contributed by atoms with Crippen LogP contribution in [-0.2, 0) is 16.1 Å². The van der Waals surface area contributed by atoms with Gasteiger partial charge in [-0.3, -0.25) is 9.59 Å². The molecule has 0 unspecified atom stereocenters. The molecule has 1 aromatic heterocycles. The minimum atomic E-state index is -0.124. The monoisotopic (exact) mass is 459 g/mol. The van der Waals surface area contributed by atoms with E-state index in [0.29, 0.717) is 13.1 Å². The molecule has 0 bridgehead atoms. The fourth-order valence-corrected chi connectivity index (χ4v) is 4.62. The molecule has 34 heavy (non-hydrogen) atoms. The third-order valence-corrected chi connectivity index (χ3v) is 6.39. The van der Waals surface area contributed by atoms with Gasteiger partial charge in [-0.25, -0.2) is 4.68 Å². The Morgan fingerprint density at radius 3 is 2.24 bits per heavy atom. The highest BCUT2D eigenvalue weighted by atomic mass is 16.2. The van der Waals surface area contributed by atoms with E-state index in [1.54, 1.807) is 0 Å². The number of nitrogens with one attached hydrogen (secondary N) is 1. The van der Waals surface area contributed by atoms with Gasteiger partial charge in [0.1, 0.15) is 5.69 Å². The second-order valence-electron chi connectivity index (χ2n) is 8.81. The van der Waals surface area contributed by atoms with Gasteiger partial charge in [0.15, 0.2) is 5.82 Å². The van der Waals surface area contributed by atoms with Crippen molar-refractivity contribution in [3.63, 3.8) is 0 Å². The molecule has 2 heterocycles. The molecule has 1 aliphatic rings. The summed E-state index contributed by atoms with van der Waals surface area (Å²) in [6.07, 6.45) is 1.53. The maximum atomic E-state index is 13.3. The number of rotatable bonds is 7. The van der Waals surface area contributed by atoms with Crippen molar-refractivity contribution in [2.24, 2.45) is 5.92 Å². The van der Waals surface area contributed by atoms with Gasteiger partial charge >= 0.3 is 0 Å². The van der Waals surface area contributed by atoms with Crippen LogP contribution in [0.25, 0.3) is 5.69 Å². The molecule has 0 spiro atoms. The smallest absolute Gasteiger partial charge is 0.226 e. The van der Waals surface area contributed by atoms with E-state index in [2.05, 4.69) is 22.3 Å². The van der Waals surface area contributed by atoms with Crippen molar-refractivity contribution in [1.82, 2.24) is 14.7 Å². The molecule has 1 aliphatic heterocycles. The minimum Gasteiger partial charge on any atom is -0.355 e. The highest BCUT2D eigenvalue weighted by Crippen LogP contribution is 2.35. The lowest BCUT2D eigenvalue weighted by Crippen LogP contribution is -2.43. The molecule has 2 amide bonds. The number of para-hydroxylation sites is 1. The van der Waals surface area contributed by atoms with Crippen LogP contribution in [0.3, 0.4) is 0 Å². The van der Waals surface area contributed by atoms with E-state index in [1.807, 2.05) is 72.0 Å². The molecule has 1 N–H and O–H groups in total. The van der Waals surface area contributed by atoms with E-state index in [9.17, 15) is 9.59 Å². The van der Waals surface area contributed by atoms with Gasteiger partial charge in [0.2, 0.25) is 11.8 Å². The normalized spacial score (nSPS) is 14.1. The van der Waals surface area contributed by atoms with Gasteiger partial charge in [-0.05, 0) is 44.4 Å². The Morgan fingerprint density at radius 2 is 1.65 bits per heavy atom. The lowest BCUT2D eigenvalue weighted by Gasteiger charge is -2.35. The summed E-state index contributed by atoms with van der Waals surface area (Å²) in [6.45, 7) is 8.25. The molecule has 4 rings (SSSR count). The van der Waals surface area contributed by atoms with Crippen LogP contribution in [0.5, 0.6) is 0 Å². The molecule has 1 fully saturated rings. The summed E-state index contributed by atoms with van der Waals surface area (Å²) in [7, 11) is 0. The second-order valence-corrected chi connectivity index (χ2v) is 8.81. The number of carbonyl (C=O) groups excluding carboxylic acids is 2. The van der Waals surface area contributed by atoms with Gasteiger partial charge in [-0.15, -0.1) is 0 Å². The fourth-order valence-electron chi connectivity index (χ4n) is 4.62. The van der Waals surface area contributed by atoms with Crippen molar-refractivity contribution >= 4 is 23.3 Å². The van der Waals surface area contributed by atoms with Gasteiger partial charge in [0.05, 0.1) is 11.4 Å². The van der Waals surface area contributed by atoms with Crippen LogP contribution in [0.1, 0.15) is 37.9 Å². The highest BCUT2D eigenvalue weighted by Gasteiger charge is 2.31. The lowest BCUT2D eigenvalue weighted by molar-refractivity contribution is -0.136. The van der Waals surface area contributed by atoms with Crippen LogP contribution in [0.4, 0.5) is 11.5 Å². The number of carbonyl (C=O) groups is 2. The molecule has 0 atom stereocenters. The van der Waals surface area contributed by atoms with Gasteiger partial charge in [-0.1, -0.05) is 48.5 Å². The molecule has 1 saturated heterocycles. The van der Waals surface area contributed by atoms with Crippen LogP contribution in [0.2, 0.25) is 0 Å². The zero-order valence-corrected chi connectivity index (χ0v) is 20.2. The van der Waals surface area contributed by atoms with Gasteiger partial charge < -0.3 is 15.1 Å². The van der Waals surface area contributed by atoms with E-state index in [1.165, 1.54) is 6.92 Å². The standard InChI is InChI=1S/C27H33N5O2/c1-4-30(19-22-11-7-5-8-12-22)27(34)23-15-17-31(18-16-23)26-25(28-21(3)33)20(2)29-32(26)24-13-9-6-10-14-24/h5-14,23H,4,15-19H2,1-3H3,(H,28,33). The first-order valence-corrected chi connectivity index (χ1v) is 12.0. The third kappa shape index (κ3) is 5.14. The van der Waals surface area contributed by atoms with Crippen LogP contribution >= 0.6 is 0 Å². The number of nitrogens with zero attached hydrogens (tertiary/aromatic N) is 4. The molecule has 7 nitrogen and oxygen atoms in total. The van der Waals surface area contributed by atoms with Gasteiger partial charge in [0, 0.05) is 39.0 Å². The van der Waals surface area contributed by atoms with Gasteiger partial charge in [-0.2, -0.15) is 5.10 Å². The second kappa shape index (κ2) is 10.5. The van der Waals surface area contributed by atoms with Gasteiger partial charge in [0.25, 0.3) is 0 Å². The van der Waals surface area contributed by atoms with Crippen molar-refractivity contribution in [2.75, 3.05) is 29.9 Å². The van der Waals surface area contributed by atoms with Crippen molar-refractivity contribution < 1.29 is 9.59 Å². The van der Waals surface area contributed by atoms with Crippen molar-refractivity contribution in [2.45, 2.75) is 40.2 Å². The highest BCUT2D eigenvalue weighted by molar-refractivity contribution is 5.93. The molecule has 3 aromatic rings. The maximum absolute atomic E-state index is 13.3. The van der Waals surface area contributed by atoms with Crippen molar-refractivity contribution in [3.05, 3.63) is 71.9 Å². The summed E-state index contributed by atoms with van der Waals surface area (Å²) >= 11 is 0. The van der Waals surface area contributed by atoms with E-state index in [-0.39, 0.29) is 17.7 Å².